The fraction of sp³-hybridized carbons (Fsp3) is 0. The first-order valence-corrected chi connectivity index (χ1v) is 18.8. The molecule has 0 bridgehead atoms. The van der Waals surface area contributed by atoms with Crippen LogP contribution < -0.4 is 0 Å². The Hall–Kier alpha value is -6.82. The molecule has 1 aliphatic rings. The maximum absolute atomic E-state index is 5.56. The molecule has 12 aromatic rings. The van der Waals surface area contributed by atoms with Gasteiger partial charge in [-0.05, 0) is 82.6 Å². The van der Waals surface area contributed by atoms with Crippen molar-refractivity contribution >= 4 is 96.9 Å². The summed E-state index contributed by atoms with van der Waals surface area (Å²) in [5, 5.41) is 10.2. The van der Waals surface area contributed by atoms with E-state index in [2.05, 4.69) is 167 Å². The zero-order valence-corrected chi connectivity index (χ0v) is 29.0. The third-order valence-corrected chi connectivity index (χ3v) is 12.5. The predicted octanol–water partition coefficient (Wildman–Crippen LogP) is 13.0. The highest BCUT2D eigenvalue weighted by Crippen LogP contribution is 2.52. The summed E-state index contributed by atoms with van der Waals surface area (Å²) in [5.74, 6) is 0.837. The molecule has 4 aromatic heterocycles. The molecule has 53 heavy (non-hydrogen) atoms. The van der Waals surface area contributed by atoms with E-state index in [9.17, 15) is 0 Å². The monoisotopic (exact) mass is 690 g/mol. The smallest absolute Gasteiger partial charge is 0.165 e. The van der Waals surface area contributed by atoms with Gasteiger partial charge in [0, 0.05) is 53.0 Å². The van der Waals surface area contributed by atoms with Crippen LogP contribution in [0.3, 0.4) is 0 Å². The van der Waals surface area contributed by atoms with Gasteiger partial charge in [0.05, 0.1) is 33.1 Å². The van der Waals surface area contributed by atoms with Crippen LogP contribution in [-0.4, -0.2) is 19.1 Å². The molecule has 0 fully saturated rings. The van der Waals surface area contributed by atoms with E-state index in [4.69, 9.17) is 9.97 Å². The lowest BCUT2D eigenvalue weighted by atomic mass is 9.95. The number of hydrogen-bond donors (Lipinski definition) is 0. The quantitative estimate of drug-likeness (QED) is 0.185. The number of hydrogen-bond acceptors (Lipinski definition) is 3. The fourth-order valence-electron chi connectivity index (χ4n) is 9.35. The molecule has 4 nitrogen and oxygen atoms in total. The second kappa shape index (κ2) is 9.94. The lowest BCUT2D eigenvalue weighted by Crippen LogP contribution is -2.04. The summed E-state index contributed by atoms with van der Waals surface area (Å²) in [5.41, 5.74) is 12.0. The lowest BCUT2D eigenvalue weighted by Gasteiger charge is -2.15. The predicted molar refractivity (Wildman–Crippen MR) is 223 cm³/mol. The van der Waals surface area contributed by atoms with E-state index >= 15 is 0 Å². The molecular formula is C48H26N4S. The summed E-state index contributed by atoms with van der Waals surface area (Å²) < 4.78 is 7.41. The maximum atomic E-state index is 5.56. The molecule has 0 saturated carbocycles. The Morgan fingerprint density at radius 1 is 0.377 bits per heavy atom. The Morgan fingerprint density at radius 3 is 1.91 bits per heavy atom. The van der Waals surface area contributed by atoms with Crippen molar-refractivity contribution in [1.29, 1.82) is 0 Å². The van der Waals surface area contributed by atoms with Crippen molar-refractivity contribution in [3.8, 4) is 33.9 Å². The van der Waals surface area contributed by atoms with Crippen LogP contribution in [0.5, 0.6) is 0 Å². The molecule has 0 atom stereocenters. The van der Waals surface area contributed by atoms with Crippen molar-refractivity contribution in [3.63, 3.8) is 0 Å². The highest BCUT2D eigenvalue weighted by molar-refractivity contribution is 7.26. The highest BCUT2D eigenvalue weighted by Gasteiger charge is 2.28. The summed E-state index contributed by atoms with van der Waals surface area (Å²) >= 11 is 1.89. The molecule has 244 valence electrons. The van der Waals surface area contributed by atoms with E-state index < -0.39 is 0 Å². The Balaban J connectivity index is 1.23. The van der Waals surface area contributed by atoms with Gasteiger partial charge in [0.15, 0.2) is 5.82 Å². The van der Waals surface area contributed by atoms with Crippen LogP contribution in [0.1, 0.15) is 0 Å². The minimum absolute atomic E-state index is 0.837. The van der Waals surface area contributed by atoms with Crippen LogP contribution in [-0.2, 0) is 0 Å². The van der Waals surface area contributed by atoms with E-state index in [1.807, 2.05) is 11.3 Å². The van der Waals surface area contributed by atoms with Gasteiger partial charge >= 0.3 is 0 Å². The molecule has 0 amide bonds. The van der Waals surface area contributed by atoms with Crippen molar-refractivity contribution in [1.82, 2.24) is 19.1 Å². The van der Waals surface area contributed by atoms with Crippen molar-refractivity contribution in [2.24, 2.45) is 0 Å². The molecule has 0 aliphatic heterocycles. The second-order valence-electron chi connectivity index (χ2n) is 14.1. The molecule has 5 heteroatoms. The molecule has 4 heterocycles. The third-order valence-electron chi connectivity index (χ3n) is 11.4. The topological polar surface area (TPSA) is 35.6 Å². The van der Waals surface area contributed by atoms with Gasteiger partial charge in [-0.2, -0.15) is 0 Å². The van der Waals surface area contributed by atoms with E-state index in [0.29, 0.717) is 0 Å². The Bertz CT molecular complexity index is 3570. The summed E-state index contributed by atoms with van der Waals surface area (Å²) in [6.07, 6.45) is 0. The van der Waals surface area contributed by atoms with Crippen LogP contribution >= 0.6 is 11.3 Å². The van der Waals surface area contributed by atoms with Gasteiger partial charge in [0.25, 0.3) is 0 Å². The molecule has 0 N–H and O–H groups in total. The molecular weight excluding hydrogens is 665 g/mol. The maximum Gasteiger partial charge on any atom is 0.165 e. The zero-order valence-electron chi connectivity index (χ0n) is 28.2. The normalized spacial score (nSPS) is 12.5. The molecule has 1 aliphatic carbocycles. The zero-order chi connectivity index (χ0) is 34.4. The van der Waals surface area contributed by atoms with Gasteiger partial charge < -0.3 is 4.57 Å². The number of thiophene rings is 1. The van der Waals surface area contributed by atoms with E-state index in [-0.39, 0.29) is 0 Å². The largest absolute Gasteiger partial charge is 0.309 e. The molecule has 8 aromatic carbocycles. The number of nitrogens with zero attached hydrogens (tertiary/aromatic N) is 4. The van der Waals surface area contributed by atoms with Crippen molar-refractivity contribution < 1.29 is 0 Å². The summed E-state index contributed by atoms with van der Waals surface area (Å²) in [6, 6.07) is 57.1. The first-order valence-electron chi connectivity index (χ1n) is 18.0. The Kier molecular flexibility index (Phi) is 5.22. The third kappa shape index (κ3) is 3.50. The first kappa shape index (κ1) is 27.8. The van der Waals surface area contributed by atoms with Gasteiger partial charge in [-0.3, -0.25) is 4.57 Å². The van der Waals surface area contributed by atoms with Crippen LogP contribution in [0.4, 0.5) is 0 Å². The van der Waals surface area contributed by atoms with E-state index in [0.717, 1.165) is 55.9 Å². The Morgan fingerprint density at radius 2 is 1.02 bits per heavy atom. The van der Waals surface area contributed by atoms with Gasteiger partial charge in [-0.25, -0.2) is 9.97 Å². The number of aromatic nitrogens is 4. The van der Waals surface area contributed by atoms with Crippen LogP contribution in [0.15, 0.2) is 158 Å². The molecule has 0 spiro atoms. The van der Waals surface area contributed by atoms with E-state index in [1.165, 1.54) is 63.6 Å². The first-order chi connectivity index (χ1) is 26.3. The summed E-state index contributed by atoms with van der Waals surface area (Å²) in [4.78, 5) is 11.1. The van der Waals surface area contributed by atoms with Crippen molar-refractivity contribution in [2.45, 2.75) is 0 Å². The SMILES string of the molecule is c1ccc(-n2c3ccccc3c3c(-c4nc5ccccc5nc4-n4c5ccc6cccc7c6c5c5c6c(ccc54)sc4cccc-7c46)cccc32)cc1. The average molecular weight is 691 g/mol. The highest BCUT2D eigenvalue weighted by atomic mass is 32.1. The number of para-hydroxylation sites is 4. The second-order valence-corrected chi connectivity index (χ2v) is 15.2. The van der Waals surface area contributed by atoms with Gasteiger partial charge in [-0.15, -0.1) is 11.3 Å². The minimum atomic E-state index is 0.837. The number of rotatable bonds is 3. The summed E-state index contributed by atoms with van der Waals surface area (Å²) in [6.45, 7) is 0. The molecule has 0 radical (unpaired) electrons. The Labute approximate surface area is 306 Å². The van der Waals surface area contributed by atoms with Gasteiger partial charge in [-0.1, -0.05) is 97.1 Å². The molecule has 0 unspecified atom stereocenters. The van der Waals surface area contributed by atoms with Crippen LogP contribution in [0.2, 0.25) is 0 Å². The lowest BCUT2D eigenvalue weighted by molar-refractivity contribution is 1.08. The van der Waals surface area contributed by atoms with Crippen LogP contribution in [0.25, 0.3) is 119 Å². The van der Waals surface area contributed by atoms with Gasteiger partial charge in [0.2, 0.25) is 0 Å². The van der Waals surface area contributed by atoms with Crippen LogP contribution in [0, 0.1) is 0 Å². The standard InChI is InChI=1S/C48H26N4S/c1-2-12-28(13-3-1)51-35-20-7-4-14-31(35)42-32(17-9-21-36(42)51)47-48(50-34-19-6-5-18-33(34)49-47)52-37-24-23-27-11-8-15-29-30-16-10-22-39-43(30)46-40(53-39)26-25-38(52)45(46)44(37)41(27)29/h1-26H. The molecule has 13 rings (SSSR count). The number of benzene rings is 8. The molecule has 0 saturated heterocycles. The minimum Gasteiger partial charge on any atom is -0.309 e. The summed E-state index contributed by atoms with van der Waals surface area (Å²) in [7, 11) is 0. The van der Waals surface area contributed by atoms with Crippen molar-refractivity contribution in [3.05, 3.63) is 158 Å². The number of fused-ring (bicyclic) bond motifs is 5. The van der Waals surface area contributed by atoms with Crippen molar-refractivity contribution in [2.75, 3.05) is 0 Å². The van der Waals surface area contributed by atoms with E-state index in [1.54, 1.807) is 0 Å². The fourth-order valence-corrected chi connectivity index (χ4v) is 10.5. The average Bonchev–Trinajstić information content (AvgIpc) is 3.85. The van der Waals surface area contributed by atoms with Gasteiger partial charge in [0.1, 0.15) is 5.69 Å².